The van der Waals surface area contributed by atoms with Crippen LogP contribution in [0.15, 0.2) is 60.7 Å². The summed E-state index contributed by atoms with van der Waals surface area (Å²) in [6.07, 6.45) is 5.28. The number of carbonyl (C=O) groups excluding carboxylic acids is 2. The summed E-state index contributed by atoms with van der Waals surface area (Å²) in [7, 11) is 1.47. The minimum Gasteiger partial charge on any atom is -0.376 e. The highest BCUT2D eigenvalue weighted by Crippen LogP contribution is 2.18. The first-order valence-corrected chi connectivity index (χ1v) is 14.5. The first kappa shape index (κ1) is 35.9. The molecule has 2 aromatic carbocycles. The number of rotatable bonds is 9. The summed E-state index contributed by atoms with van der Waals surface area (Å²) in [6, 6.07) is 20.6. The SMILES string of the molecule is CCC(=O)N1CCC(COCc2ccccc2)CC1.CNC(=O)Cl.Cl.c1ccc(COCC2CCNCC2)cc1. The maximum atomic E-state index is 11.6. The second kappa shape index (κ2) is 22.5. The molecule has 0 bridgehead atoms. The summed E-state index contributed by atoms with van der Waals surface area (Å²) >= 11 is 4.71. The molecule has 2 heterocycles. The van der Waals surface area contributed by atoms with Gasteiger partial charge in [0.05, 0.1) is 13.2 Å². The summed E-state index contributed by atoms with van der Waals surface area (Å²) in [5.74, 6) is 1.64. The smallest absolute Gasteiger partial charge is 0.313 e. The van der Waals surface area contributed by atoms with Gasteiger partial charge < -0.3 is 25.0 Å². The van der Waals surface area contributed by atoms with Crippen molar-refractivity contribution in [3.05, 3.63) is 71.8 Å². The van der Waals surface area contributed by atoms with Gasteiger partial charge in [0.2, 0.25) is 5.91 Å². The zero-order chi connectivity index (χ0) is 28.1. The van der Waals surface area contributed by atoms with E-state index in [1.54, 1.807) is 0 Å². The van der Waals surface area contributed by atoms with Crippen LogP contribution in [0.25, 0.3) is 0 Å². The molecule has 2 fully saturated rings. The number of hydrogen-bond donors (Lipinski definition) is 2. The lowest BCUT2D eigenvalue weighted by atomic mass is 9.97. The number of piperidine rings is 2. The van der Waals surface area contributed by atoms with Gasteiger partial charge in [0, 0.05) is 39.8 Å². The van der Waals surface area contributed by atoms with E-state index in [1.807, 2.05) is 36.1 Å². The van der Waals surface area contributed by atoms with Crippen molar-refractivity contribution in [1.29, 1.82) is 0 Å². The fourth-order valence-electron chi connectivity index (χ4n) is 4.46. The molecule has 4 rings (SSSR count). The van der Waals surface area contributed by atoms with Crippen LogP contribution in [0.2, 0.25) is 0 Å². The maximum absolute atomic E-state index is 11.6. The summed E-state index contributed by atoms with van der Waals surface area (Å²) in [4.78, 5) is 23.0. The Morgan fingerprint density at radius 2 is 1.27 bits per heavy atom. The van der Waals surface area contributed by atoms with E-state index in [9.17, 15) is 9.59 Å². The summed E-state index contributed by atoms with van der Waals surface area (Å²) in [6.45, 7) is 9.19. The van der Waals surface area contributed by atoms with Gasteiger partial charge in [-0.05, 0) is 73.3 Å². The first-order chi connectivity index (χ1) is 19.0. The number of carbonyl (C=O) groups is 2. The second-order valence-corrected chi connectivity index (χ2v) is 10.2. The van der Waals surface area contributed by atoms with Gasteiger partial charge in [0.15, 0.2) is 0 Å². The third-order valence-electron chi connectivity index (χ3n) is 6.86. The summed E-state index contributed by atoms with van der Waals surface area (Å²) in [5.41, 5.74) is 2.49. The van der Waals surface area contributed by atoms with Crippen molar-refractivity contribution >= 4 is 35.3 Å². The van der Waals surface area contributed by atoms with Crippen molar-refractivity contribution in [2.75, 3.05) is 46.4 Å². The van der Waals surface area contributed by atoms with Crippen LogP contribution >= 0.6 is 24.0 Å². The number of amides is 2. The van der Waals surface area contributed by atoms with E-state index in [1.165, 1.54) is 31.0 Å². The van der Waals surface area contributed by atoms with Crippen molar-refractivity contribution in [3.63, 3.8) is 0 Å². The molecule has 0 saturated carbocycles. The number of likely N-dealkylation sites (tertiary alicyclic amines) is 1. The third-order valence-corrected chi connectivity index (χ3v) is 7.04. The molecule has 0 radical (unpaired) electrons. The topological polar surface area (TPSA) is 79.9 Å². The number of halogens is 2. The van der Waals surface area contributed by atoms with Crippen LogP contribution in [-0.4, -0.2) is 62.6 Å². The van der Waals surface area contributed by atoms with Gasteiger partial charge in [-0.3, -0.25) is 9.59 Å². The van der Waals surface area contributed by atoms with E-state index in [4.69, 9.17) is 21.1 Å². The molecule has 9 heteroatoms. The molecule has 0 spiro atoms. The van der Waals surface area contributed by atoms with E-state index < -0.39 is 5.37 Å². The van der Waals surface area contributed by atoms with Crippen molar-refractivity contribution in [2.45, 2.75) is 52.2 Å². The molecular formula is C31H47Cl2N3O4. The van der Waals surface area contributed by atoms with Crippen LogP contribution in [0.1, 0.15) is 50.2 Å². The first-order valence-electron chi connectivity index (χ1n) is 14.1. The van der Waals surface area contributed by atoms with Gasteiger partial charge in [-0.25, -0.2) is 0 Å². The van der Waals surface area contributed by atoms with E-state index in [0.29, 0.717) is 18.9 Å². The molecule has 40 heavy (non-hydrogen) atoms. The molecule has 2 aliphatic heterocycles. The molecule has 0 aromatic heterocycles. The van der Waals surface area contributed by atoms with Crippen molar-refractivity contribution in [2.24, 2.45) is 11.8 Å². The van der Waals surface area contributed by atoms with E-state index in [-0.39, 0.29) is 18.3 Å². The molecule has 0 atom stereocenters. The van der Waals surface area contributed by atoms with Crippen LogP contribution in [-0.2, 0) is 27.5 Å². The standard InChI is InChI=1S/C16H23NO2.C13H19NO.C2H4ClNO.ClH/c1-2-16(18)17-10-8-15(9-11-17)13-19-12-14-6-4-3-5-7-14;1-2-4-12(5-3-1)10-15-11-13-6-8-14-9-7-13;1-4-2(3)5;/h3-7,15H,2,8-13H2,1H3;1-5,13-14H,6-11H2;1H3,(H,4,5);1H. The number of nitrogens with one attached hydrogen (secondary N) is 2. The van der Waals surface area contributed by atoms with Gasteiger partial charge in [-0.15, -0.1) is 12.4 Å². The molecule has 2 amide bonds. The summed E-state index contributed by atoms with van der Waals surface area (Å²) in [5, 5.41) is 5.00. The Morgan fingerprint density at radius 1 is 0.850 bits per heavy atom. The van der Waals surface area contributed by atoms with Crippen LogP contribution in [0.3, 0.4) is 0 Å². The predicted octanol–water partition coefficient (Wildman–Crippen LogP) is 6.04. The van der Waals surface area contributed by atoms with Gasteiger partial charge >= 0.3 is 5.37 Å². The van der Waals surface area contributed by atoms with Gasteiger partial charge in [-0.2, -0.15) is 0 Å². The van der Waals surface area contributed by atoms with Gasteiger partial charge in [0.1, 0.15) is 0 Å². The number of benzene rings is 2. The molecular weight excluding hydrogens is 549 g/mol. The average molecular weight is 597 g/mol. The molecule has 0 unspecified atom stereocenters. The number of nitrogens with zero attached hydrogens (tertiary/aromatic N) is 1. The van der Waals surface area contributed by atoms with Crippen LogP contribution in [0, 0.1) is 11.8 Å². The summed E-state index contributed by atoms with van der Waals surface area (Å²) < 4.78 is 11.5. The average Bonchev–Trinajstić information content (AvgIpc) is 2.99. The normalized spacial score (nSPS) is 15.4. The minimum atomic E-state index is -0.523. The number of ether oxygens (including phenoxy) is 2. The largest absolute Gasteiger partial charge is 0.376 e. The van der Waals surface area contributed by atoms with Crippen molar-refractivity contribution < 1.29 is 19.1 Å². The Labute approximate surface area is 251 Å². The Balaban J connectivity index is 0.000000341. The lowest BCUT2D eigenvalue weighted by molar-refractivity contribution is -0.132. The van der Waals surface area contributed by atoms with E-state index in [2.05, 4.69) is 47.0 Å². The van der Waals surface area contributed by atoms with Crippen LogP contribution in [0.4, 0.5) is 4.79 Å². The molecule has 0 aliphatic carbocycles. The Kier molecular flexibility index (Phi) is 20.2. The lowest BCUT2D eigenvalue weighted by Crippen LogP contribution is -2.39. The molecule has 7 nitrogen and oxygen atoms in total. The van der Waals surface area contributed by atoms with Crippen molar-refractivity contribution in [3.8, 4) is 0 Å². The highest BCUT2D eigenvalue weighted by molar-refractivity contribution is 6.62. The molecule has 2 aromatic rings. The maximum Gasteiger partial charge on any atom is 0.313 e. The highest BCUT2D eigenvalue weighted by atomic mass is 35.5. The Bertz CT molecular complexity index is 907. The second-order valence-electron chi connectivity index (χ2n) is 9.90. The highest BCUT2D eigenvalue weighted by Gasteiger charge is 2.21. The van der Waals surface area contributed by atoms with Gasteiger partial charge in [0.25, 0.3) is 0 Å². The quantitative estimate of drug-likeness (QED) is 0.273. The third kappa shape index (κ3) is 16.2. The molecule has 2 N–H and O–H groups in total. The van der Waals surface area contributed by atoms with Crippen LogP contribution < -0.4 is 10.6 Å². The van der Waals surface area contributed by atoms with Crippen LogP contribution in [0.5, 0.6) is 0 Å². The van der Waals surface area contributed by atoms with E-state index >= 15 is 0 Å². The monoisotopic (exact) mass is 595 g/mol. The van der Waals surface area contributed by atoms with Gasteiger partial charge in [-0.1, -0.05) is 67.6 Å². The zero-order valence-corrected chi connectivity index (χ0v) is 25.6. The fraction of sp³-hybridized carbons (Fsp3) is 0.548. The lowest BCUT2D eigenvalue weighted by Gasteiger charge is -2.31. The van der Waals surface area contributed by atoms with E-state index in [0.717, 1.165) is 64.8 Å². The predicted molar refractivity (Wildman–Crippen MR) is 165 cm³/mol. The minimum absolute atomic E-state index is 0. The fourth-order valence-corrected chi connectivity index (χ4v) is 4.46. The Morgan fingerprint density at radius 3 is 1.68 bits per heavy atom. The molecule has 2 aliphatic rings. The number of hydrogen-bond acceptors (Lipinski definition) is 5. The van der Waals surface area contributed by atoms with Crippen molar-refractivity contribution in [1.82, 2.24) is 15.5 Å². The molecule has 224 valence electrons. The zero-order valence-electron chi connectivity index (χ0n) is 24.0. The Hall–Kier alpha value is -2.16. The molecule has 2 saturated heterocycles.